The van der Waals surface area contributed by atoms with E-state index in [1.54, 1.807) is 39.8 Å². The summed E-state index contributed by atoms with van der Waals surface area (Å²) in [5.41, 5.74) is -1.91. The van der Waals surface area contributed by atoms with Crippen molar-refractivity contribution in [1.29, 1.82) is 0 Å². The third-order valence-corrected chi connectivity index (χ3v) is 9.69. The molecule has 0 saturated carbocycles. The van der Waals surface area contributed by atoms with Crippen LogP contribution >= 0.6 is 0 Å². The first-order valence-electron chi connectivity index (χ1n) is 17.8. The molecular formula is C40H47F7N2O4. The van der Waals surface area contributed by atoms with Crippen molar-refractivity contribution in [2.24, 2.45) is 11.8 Å². The number of carbonyl (C=O) groups excluding carboxylic acids is 2. The summed E-state index contributed by atoms with van der Waals surface area (Å²) in [5.74, 6) is -4.62. The van der Waals surface area contributed by atoms with Crippen molar-refractivity contribution in [1.82, 2.24) is 9.47 Å². The number of Topliss-reactive ketones (excluding diaryl/α,β-unsaturated/α-hetero) is 1. The lowest BCUT2D eigenvalue weighted by molar-refractivity contribution is -0.143. The van der Waals surface area contributed by atoms with Crippen LogP contribution in [0.5, 0.6) is 0 Å². The zero-order chi connectivity index (χ0) is 39.6. The molecule has 2 atom stereocenters. The van der Waals surface area contributed by atoms with Gasteiger partial charge in [-0.3, -0.25) is 14.4 Å². The summed E-state index contributed by atoms with van der Waals surface area (Å²) in [7, 11) is 0. The third kappa shape index (κ3) is 10.2. The highest BCUT2D eigenvalue weighted by atomic mass is 19.4. The number of nitrogens with zero attached hydrogens (tertiary/aromatic N) is 2. The van der Waals surface area contributed by atoms with E-state index in [2.05, 4.69) is 0 Å². The maximum Gasteiger partial charge on any atom is 0.419 e. The van der Waals surface area contributed by atoms with Crippen molar-refractivity contribution in [3.05, 3.63) is 91.6 Å². The number of halogens is 7. The number of aromatic nitrogens is 1. The zero-order valence-corrected chi connectivity index (χ0v) is 31.1. The number of hydrogen-bond donors (Lipinski definition) is 0. The minimum Gasteiger partial charge on any atom is -0.466 e. The van der Waals surface area contributed by atoms with Crippen molar-refractivity contribution >= 4 is 11.8 Å². The molecule has 0 spiro atoms. The molecule has 1 saturated heterocycles. The predicted octanol–water partition coefficient (Wildman–Crippen LogP) is 9.39. The van der Waals surface area contributed by atoms with E-state index in [1.807, 2.05) is 18.7 Å². The van der Waals surface area contributed by atoms with Gasteiger partial charge in [-0.25, -0.2) is 4.39 Å². The molecule has 0 radical (unpaired) electrons. The maximum absolute atomic E-state index is 16.1. The van der Waals surface area contributed by atoms with Crippen LogP contribution in [0.2, 0.25) is 0 Å². The lowest BCUT2D eigenvalue weighted by Crippen LogP contribution is -2.46. The van der Waals surface area contributed by atoms with Gasteiger partial charge in [0.2, 0.25) is 0 Å². The van der Waals surface area contributed by atoms with E-state index in [9.17, 15) is 40.7 Å². The number of carbonyl (C=O) groups is 2. The van der Waals surface area contributed by atoms with Crippen LogP contribution in [-0.2, 0) is 33.1 Å². The Bertz CT molecular complexity index is 1850. The highest BCUT2D eigenvalue weighted by molar-refractivity contribution is 5.85. The van der Waals surface area contributed by atoms with Crippen molar-refractivity contribution in [2.75, 3.05) is 26.2 Å². The number of likely N-dealkylation sites (tertiary alicyclic amines) is 1. The van der Waals surface area contributed by atoms with Gasteiger partial charge in [0.15, 0.2) is 5.78 Å². The minimum atomic E-state index is -5.14. The van der Waals surface area contributed by atoms with E-state index in [-0.39, 0.29) is 36.5 Å². The Kier molecular flexibility index (Phi) is 13.1. The quantitative estimate of drug-likeness (QED) is 0.121. The second-order valence-electron chi connectivity index (χ2n) is 14.8. The number of rotatable bonds is 14. The van der Waals surface area contributed by atoms with Crippen molar-refractivity contribution in [2.45, 2.75) is 98.5 Å². The third-order valence-electron chi connectivity index (χ3n) is 9.69. The van der Waals surface area contributed by atoms with Crippen LogP contribution in [0.15, 0.2) is 41.3 Å². The number of ketones is 1. The molecule has 0 N–H and O–H groups in total. The van der Waals surface area contributed by atoms with Crippen LogP contribution < -0.4 is 5.56 Å². The van der Waals surface area contributed by atoms with Gasteiger partial charge in [-0.2, -0.15) is 26.3 Å². The fourth-order valence-corrected chi connectivity index (χ4v) is 7.46. The highest BCUT2D eigenvalue weighted by Gasteiger charge is 2.39. The SMILES string of the molecule is CCOC(=O)C[C@H](CC(=O)C(CC(C)C)n1cc(CCN2CC(C)C2)c(C(F)(F)F)cc1=O)c1cc(-c2c(C)cc(C)cc2C)cc(C(F)(F)F)c1F. The standard InChI is InChI=1S/C40H47F7N2O4/c1-8-53-36(52)17-28(30-14-29(15-32(38(30)41)40(45,46)47)37-25(6)12-23(4)13-26(37)7)16-34(50)33(11-22(2)3)49-21-27(9-10-48-19-24(5)20-48)31(18-35(49)51)39(42,43)44/h12-15,18,21-22,24,28,33H,8-11,16-17,19-20H2,1-7H3/t28-,33?/m0/s1. The fraction of sp³-hybridized carbons (Fsp3) is 0.525. The predicted molar refractivity (Wildman–Crippen MR) is 188 cm³/mol. The average molecular weight is 753 g/mol. The van der Waals surface area contributed by atoms with Crippen molar-refractivity contribution in [3.63, 3.8) is 0 Å². The molecular weight excluding hydrogens is 705 g/mol. The van der Waals surface area contributed by atoms with Gasteiger partial charge in [-0.05, 0) is 97.9 Å². The molecule has 1 aliphatic heterocycles. The molecule has 290 valence electrons. The molecule has 1 aliphatic rings. The average Bonchev–Trinajstić information content (AvgIpc) is 3.00. The van der Waals surface area contributed by atoms with Gasteiger partial charge >= 0.3 is 18.3 Å². The Balaban J connectivity index is 1.86. The van der Waals surface area contributed by atoms with Gasteiger partial charge < -0.3 is 14.2 Å². The molecule has 1 unspecified atom stereocenters. The Morgan fingerprint density at radius 2 is 1.51 bits per heavy atom. The molecule has 0 amide bonds. The molecule has 13 heteroatoms. The molecule has 53 heavy (non-hydrogen) atoms. The Labute approximate surface area is 305 Å². The zero-order valence-electron chi connectivity index (χ0n) is 31.1. The summed E-state index contributed by atoms with van der Waals surface area (Å²) < 4.78 is 108. The molecule has 3 aromatic rings. The first-order chi connectivity index (χ1) is 24.6. The van der Waals surface area contributed by atoms with Gasteiger partial charge in [0.25, 0.3) is 5.56 Å². The van der Waals surface area contributed by atoms with Crippen LogP contribution in [0.25, 0.3) is 11.1 Å². The van der Waals surface area contributed by atoms with E-state index < -0.39 is 77.0 Å². The second-order valence-corrected chi connectivity index (χ2v) is 14.8. The summed E-state index contributed by atoms with van der Waals surface area (Å²) in [4.78, 5) is 42.5. The van der Waals surface area contributed by atoms with Gasteiger partial charge in [-0.15, -0.1) is 0 Å². The van der Waals surface area contributed by atoms with E-state index in [0.29, 0.717) is 54.4 Å². The minimum absolute atomic E-state index is 0.0165. The fourth-order valence-electron chi connectivity index (χ4n) is 7.46. The summed E-state index contributed by atoms with van der Waals surface area (Å²) >= 11 is 0. The topological polar surface area (TPSA) is 68.6 Å². The number of esters is 1. The number of aryl methyl sites for hydroxylation is 3. The van der Waals surface area contributed by atoms with E-state index >= 15 is 4.39 Å². The van der Waals surface area contributed by atoms with Gasteiger partial charge in [0, 0.05) is 44.2 Å². The van der Waals surface area contributed by atoms with Crippen molar-refractivity contribution < 1.29 is 45.1 Å². The molecule has 6 nitrogen and oxygen atoms in total. The lowest BCUT2D eigenvalue weighted by atomic mass is 9.83. The smallest absolute Gasteiger partial charge is 0.419 e. The van der Waals surface area contributed by atoms with Crippen LogP contribution in [0.4, 0.5) is 30.7 Å². The van der Waals surface area contributed by atoms with Crippen LogP contribution in [0.3, 0.4) is 0 Å². The molecule has 4 rings (SSSR count). The first-order valence-corrected chi connectivity index (χ1v) is 17.8. The van der Waals surface area contributed by atoms with E-state index in [4.69, 9.17) is 4.74 Å². The number of alkyl halides is 6. The molecule has 2 aromatic carbocycles. The second kappa shape index (κ2) is 16.6. The molecule has 1 fully saturated rings. The maximum atomic E-state index is 16.1. The highest BCUT2D eigenvalue weighted by Crippen LogP contribution is 2.42. The molecule has 2 heterocycles. The lowest BCUT2D eigenvalue weighted by Gasteiger charge is -2.37. The molecule has 1 aromatic heterocycles. The first kappa shape index (κ1) is 41.8. The number of pyridine rings is 1. The number of hydrogen-bond acceptors (Lipinski definition) is 5. The van der Waals surface area contributed by atoms with E-state index in [0.717, 1.165) is 16.3 Å². The van der Waals surface area contributed by atoms with Gasteiger partial charge in [0.05, 0.1) is 30.2 Å². The van der Waals surface area contributed by atoms with Crippen LogP contribution in [0.1, 0.15) is 97.9 Å². The normalized spacial score (nSPS) is 15.4. The number of benzene rings is 2. The molecule has 0 bridgehead atoms. The monoisotopic (exact) mass is 752 g/mol. The summed E-state index contributed by atoms with van der Waals surface area (Å²) in [6, 6.07) is 4.58. The largest absolute Gasteiger partial charge is 0.466 e. The Morgan fingerprint density at radius 3 is 2.04 bits per heavy atom. The summed E-state index contributed by atoms with van der Waals surface area (Å²) in [5, 5.41) is 0. The Hall–Kier alpha value is -4.00. The molecule has 0 aliphatic carbocycles. The number of ether oxygens (including phenoxy) is 1. The van der Waals surface area contributed by atoms with E-state index in [1.165, 1.54) is 13.0 Å². The van der Waals surface area contributed by atoms with Gasteiger partial charge in [0.1, 0.15) is 5.82 Å². The van der Waals surface area contributed by atoms with Gasteiger partial charge in [-0.1, -0.05) is 38.5 Å². The Morgan fingerprint density at radius 1 is 0.906 bits per heavy atom. The van der Waals surface area contributed by atoms with Crippen LogP contribution in [0, 0.1) is 38.4 Å². The summed E-state index contributed by atoms with van der Waals surface area (Å²) in [6.45, 7) is 13.9. The van der Waals surface area contributed by atoms with Crippen molar-refractivity contribution in [3.8, 4) is 11.1 Å². The summed E-state index contributed by atoms with van der Waals surface area (Å²) in [6.07, 6.45) is -10.4. The van der Waals surface area contributed by atoms with Crippen LogP contribution in [-0.4, -0.2) is 47.5 Å².